The van der Waals surface area contributed by atoms with Crippen LogP contribution in [0.2, 0.25) is 0 Å². The van der Waals surface area contributed by atoms with Gasteiger partial charge in [0.2, 0.25) is 0 Å². The Morgan fingerprint density at radius 2 is 1.80 bits per heavy atom. The summed E-state index contributed by atoms with van der Waals surface area (Å²) in [6.45, 7) is 11.2. The second-order valence-corrected chi connectivity index (χ2v) is 7.77. The average Bonchev–Trinajstić information content (AvgIpc) is 2.45. The normalized spacial score (nSPS) is 33.8. The quantitative estimate of drug-likeness (QED) is 0.824. The predicted octanol–water partition coefficient (Wildman–Crippen LogP) is 3.77. The summed E-state index contributed by atoms with van der Waals surface area (Å²) in [7, 11) is 2.08. The van der Waals surface area contributed by atoms with Crippen molar-refractivity contribution >= 4 is 0 Å². The zero-order valence-electron chi connectivity index (χ0n) is 14.2. The minimum absolute atomic E-state index is 0.856. The minimum Gasteiger partial charge on any atom is -0.320 e. The largest absolute Gasteiger partial charge is 0.320 e. The van der Waals surface area contributed by atoms with Gasteiger partial charge in [-0.25, -0.2) is 0 Å². The number of hydrogen-bond acceptors (Lipinski definition) is 2. The van der Waals surface area contributed by atoms with Crippen molar-refractivity contribution in [1.82, 2.24) is 10.2 Å². The third kappa shape index (κ3) is 4.21. The van der Waals surface area contributed by atoms with Crippen molar-refractivity contribution in [3.05, 3.63) is 0 Å². The molecule has 0 spiro atoms. The predicted molar refractivity (Wildman–Crippen MR) is 88.0 cm³/mol. The molecule has 2 nitrogen and oxygen atoms in total. The summed E-state index contributed by atoms with van der Waals surface area (Å²) in [6, 6.07) is 0.879. The highest BCUT2D eigenvalue weighted by molar-refractivity contribution is 4.89. The van der Waals surface area contributed by atoms with Gasteiger partial charge in [0, 0.05) is 6.04 Å². The zero-order chi connectivity index (χ0) is 14.5. The molecule has 118 valence electrons. The summed E-state index contributed by atoms with van der Waals surface area (Å²) in [5.74, 6) is 3.71. The van der Waals surface area contributed by atoms with E-state index in [-0.39, 0.29) is 0 Å². The molecule has 0 aromatic rings. The van der Waals surface area contributed by atoms with E-state index in [0.29, 0.717) is 0 Å². The van der Waals surface area contributed by atoms with Crippen molar-refractivity contribution in [2.45, 2.75) is 65.3 Å². The van der Waals surface area contributed by atoms with Crippen molar-refractivity contribution in [3.63, 3.8) is 0 Å². The van der Waals surface area contributed by atoms with Crippen LogP contribution < -0.4 is 5.32 Å². The van der Waals surface area contributed by atoms with Crippen molar-refractivity contribution in [1.29, 1.82) is 0 Å². The van der Waals surface area contributed by atoms with Crippen LogP contribution >= 0.6 is 0 Å². The van der Waals surface area contributed by atoms with Crippen LogP contribution in [-0.2, 0) is 0 Å². The number of nitrogens with one attached hydrogen (secondary N) is 1. The van der Waals surface area contributed by atoms with Crippen molar-refractivity contribution in [2.24, 2.45) is 23.7 Å². The Bertz CT molecular complexity index is 269. The van der Waals surface area contributed by atoms with Gasteiger partial charge in [0.1, 0.15) is 0 Å². The maximum absolute atomic E-state index is 3.30. The summed E-state index contributed by atoms with van der Waals surface area (Å²) >= 11 is 0. The molecule has 1 saturated heterocycles. The minimum atomic E-state index is 0.856. The maximum Gasteiger partial charge on any atom is 0.0128 e. The van der Waals surface area contributed by atoms with Gasteiger partial charge in [-0.05, 0) is 82.5 Å². The van der Waals surface area contributed by atoms with Gasteiger partial charge in [0.05, 0.1) is 0 Å². The summed E-state index contributed by atoms with van der Waals surface area (Å²) in [5.41, 5.74) is 0. The van der Waals surface area contributed by atoms with Gasteiger partial charge in [-0.15, -0.1) is 0 Å². The first-order chi connectivity index (χ1) is 9.61. The van der Waals surface area contributed by atoms with E-state index in [1.807, 2.05) is 0 Å². The van der Waals surface area contributed by atoms with E-state index in [2.05, 4.69) is 38.0 Å². The Balaban J connectivity index is 1.86. The molecular weight excluding hydrogens is 244 g/mol. The molecule has 0 aromatic carbocycles. The lowest BCUT2D eigenvalue weighted by Gasteiger charge is -2.46. The molecule has 1 heterocycles. The molecular formula is C18H36N2. The van der Waals surface area contributed by atoms with Gasteiger partial charge >= 0.3 is 0 Å². The van der Waals surface area contributed by atoms with E-state index in [1.165, 1.54) is 58.2 Å². The van der Waals surface area contributed by atoms with E-state index in [1.54, 1.807) is 0 Å². The molecule has 0 amide bonds. The highest BCUT2D eigenvalue weighted by Crippen LogP contribution is 2.38. The monoisotopic (exact) mass is 280 g/mol. The van der Waals surface area contributed by atoms with Crippen LogP contribution in [-0.4, -0.2) is 37.6 Å². The third-order valence-electron chi connectivity index (χ3n) is 5.91. The molecule has 1 aliphatic heterocycles. The molecule has 1 N–H and O–H groups in total. The van der Waals surface area contributed by atoms with Crippen LogP contribution in [0.25, 0.3) is 0 Å². The molecule has 3 unspecified atom stereocenters. The zero-order valence-corrected chi connectivity index (χ0v) is 14.2. The van der Waals surface area contributed by atoms with E-state index in [0.717, 1.165) is 29.7 Å². The molecule has 0 bridgehead atoms. The number of likely N-dealkylation sites (tertiary alicyclic amines) is 1. The molecule has 2 heteroatoms. The Labute approximate surface area is 126 Å². The lowest BCUT2D eigenvalue weighted by Crippen LogP contribution is -2.49. The first kappa shape index (κ1) is 16.3. The lowest BCUT2D eigenvalue weighted by atomic mass is 9.72. The van der Waals surface area contributed by atoms with Crippen molar-refractivity contribution in [2.75, 3.05) is 26.7 Å². The SMILES string of the molecule is CNCCC1CCN(C2CC(C)CCC2C(C)C)CC1. The highest BCUT2D eigenvalue weighted by Gasteiger charge is 2.35. The van der Waals surface area contributed by atoms with Gasteiger partial charge < -0.3 is 10.2 Å². The number of piperidine rings is 1. The first-order valence-electron chi connectivity index (χ1n) is 9.00. The van der Waals surface area contributed by atoms with E-state index >= 15 is 0 Å². The van der Waals surface area contributed by atoms with Crippen LogP contribution in [0.1, 0.15) is 59.3 Å². The van der Waals surface area contributed by atoms with Crippen LogP contribution in [0.4, 0.5) is 0 Å². The van der Waals surface area contributed by atoms with Gasteiger partial charge in [-0.3, -0.25) is 0 Å². The molecule has 20 heavy (non-hydrogen) atoms. The average molecular weight is 281 g/mol. The summed E-state index contributed by atoms with van der Waals surface area (Å²) < 4.78 is 0. The molecule has 0 radical (unpaired) electrons. The topological polar surface area (TPSA) is 15.3 Å². The second-order valence-electron chi connectivity index (χ2n) is 7.77. The second kappa shape index (κ2) is 7.79. The Kier molecular flexibility index (Phi) is 6.35. The van der Waals surface area contributed by atoms with E-state index in [4.69, 9.17) is 0 Å². The molecule has 2 fully saturated rings. The van der Waals surface area contributed by atoms with Crippen LogP contribution in [0.15, 0.2) is 0 Å². The fraction of sp³-hybridized carbons (Fsp3) is 1.00. The Morgan fingerprint density at radius 3 is 2.40 bits per heavy atom. The maximum atomic E-state index is 3.30. The summed E-state index contributed by atoms with van der Waals surface area (Å²) in [4.78, 5) is 2.86. The lowest BCUT2D eigenvalue weighted by molar-refractivity contribution is 0.0341. The van der Waals surface area contributed by atoms with Gasteiger partial charge in [0.25, 0.3) is 0 Å². The third-order valence-corrected chi connectivity index (χ3v) is 5.91. The van der Waals surface area contributed by atoms with Crippen molar-refractivity contribution in [3.8, 4) is 0 Å². The van der Waals surface area contributed by atoms with Gasteiger partial charge in [-0.2, -0.15) is 0 Å². The number of hydrogen-bond donors (Lipinski definition) is 1. The molecule has 2 rings (SSSR count). The van der Waals surface area contributed by atoms with Crippen LogP contribution in [0, 0.1) is 23.7 Å². The fourth-order valence-corrected chi connectivity index (χ4v) is 4.49. The van der Waals surface area contributed by atoms with Gasteiger partial charge in [0.15, 0.2) is 0 Å². The standard InChI is InChI=1S/C18H36N2/c1-14(2)17-6-5-15(3)13-18(17)20-11-8-16(9-12-20)7-10-19-4/h14-19H,5-13H2,1-4H3. The first-order valence-corrected chi connectivity index (χ1v) is 9.00. The van der Waals surface area contributed by atoms with E-state index < -0.39 is 0 Å². The summed E-state index contributed by atoms with van der Waals surface area (Å²) in [6.07, 6.45) is 8.60. The molecule has 3 atom stereocenters. The van der Waals surface area contributed by atoms with Crippen molar-refractivity contribution < 1.29 is 0 Å². The molecule has 1 aliphatic carbocycles. The fourth-order valence-electron chi connectivity index (χ4n) is 4.49. The van der Waals surface area contributed by atoms with Crippen LogP contribution in [0.3, 0.4) is 0 Å². The van der Waals surface area contributed by atoms with E-state index in [9.17, 15) is 0 Å². The smallest absolute Gasteiger partial charge is 0.0128 e. The van der Waals surface area contributed by atoms with Crippen LogP contribution in [0.5, 0.6) is 0 Å². The molecule has 1 saturated carbocycles. The Morgan fingerprint density at radius 1 is 1.10 bits per heavy atom. The van der Waals surface area contributed by atoms with Gasteiger partial charge in [-0.1, -0.05) is 27.2 Å². The highest BCUT2D eigenvalue weighted by atomic mass is 15.2. The molecule has 0 aromatic heterocycles. The number of rotatable bonds is 5. The summed E-state index contributed by atoms with van der Waals surface area (Å²) in [5, 5.41) is 3.30. The number of nitrogens with zero attached hydrogens (tertiary/aromatic N) is 1. The molecule has 2 aliphatic rings. The Hall–Kier alpha value is -0.0800.